The normalized spacial score (nSPS) is 14.4. The molecule has 5 nitrogen and oxygen atoms in total. The van der Waals surface area contributed by atoms with Gasteiger partial charge in [0.05, 0.1) is 0 Å². The Bertz CT molecular complexity index is 327. The maximum absolute atomic E-state index is 11.3. The molecule has 0 aliphatic carbocycles. The van der Waals surface area contributed by atoms with Crippen LogP contribution in [-0.2, 0) is 4.79 Å². The van der Waals surface area contributed by atoms with Crippen LogP contribution in [0.4, 0.5) is 5.69 Å². The molecule has 1 aromatic rings. The number of carbonyl (C=O) groups is 1. The zero-order valence-corrected chi connectivity index (χ0v) is 8.17. The van der Waals surface area contributed by atoms with Crippen molar-refractivity contribution in [3.05, 3.63) is 35.2 Å². The van der Waals surface area contributed by atoms with Gasteiger partial charge in [0.1, 0.15) is 0 Å². The van der Waals surface area contributed by atoms with Gasteiger partial charge in [-0.15, -0.1) is 4.91 Å². The number of carbonyl (C=O) groups excluding carboxylic acids is 1. The van der Waals surface area contributed by atoms with Crippen LogP contribution in [0.5, 0.6) is 0 Å². The van der Waals surface area contributed by atoms with Crippen molar-refractivity contribution in [3.8, 4) is 0 Å². The van der Waals surface area contributed by atoms with E-state index in [4.69, 9.17) is 10.1 Å². The summed E-state index contributed by atoms with van der Waals surface area (Å²) in [7, 11) is 0. The van der Waals surface area contributed by atoms with Gasteiger partial charge in [0.2, 0.25) is 5.91 Å². The SMILES string of the molecule is O=C1CCCN1c1ccccc1.O=NO. The largest absolute Gasteiger partial charge is 0.379 e. The van der Waals surface area contributed by atoms with E-state index in [2.05, 4.69) is 0 Å². The van der Waals surface area contributed by atoms with Crippen LogP contribution in [0.15, 0.2) is 35.7 Å². The van der Waals surface area contributed by atoms with Gasteiger partial charge in [-0.05, 0) is 18.6 Å². The number of hydrogen-bond donors (Lipinski definition) is 1. The first kappa shape index (κ1) is 11.2. The number of hydrogen-bond acceptors (Lipinski definition) is 3. The van der Waals surface area contributed by atoms with Gasteiger partial charge < -0.3 is 10.1 Å². The van der Waals surface area contributed by atoms with Crippen molar-refractivity contribution >= 4 is 11.6 Å². The van der Waals surface area contributed by atoms with E-state index in [0.29, 0.717) is 6.42 Å². The number of nitrogens with zero attached hydrogens (tertiary/aromatic N) is 2. The third kappa shape index (κ3) is 3.05. The number of rotatable bonds is 1. The molecule has 0 atom stereocenters. The van der Waals surface area contributed by atoms with Crippen LogP contribution in [0.2, 0.25) is 0 Å². The topological polar surface area (TPSA) is 70.0 Å². The molecule has 0 spiro atoms. The lowest BCUT2D eigenvalue weighted by Crippen LogP contribution is -2.23. The van der Waals surface area contributed by atoms with E-state index in [0.717, 1.165) is 18.7 Å². The van der Waals surface area contributed by atoms with E-state index < -0.39 is 0 Å². The predicted molar refractivity (Wildman–Crippen MR) is 55.6 cm³/mol. The monoisotopic (exact) mass is 208 g/mol. The Hall–Kier alpha value is -1.91. The number of anilines is 1. The lowest BCUT2D eigenvalue weighted by Gasteiger charge is -2.14. The first-order valence-corrected chi connectivity index (χ1v) is 4.61. The average Bonchev–Trinajstić information content (AvgIpc) is 2.67. The summed E-state index contributed by atoms with van der Waals surface area (Å²) < 4.78 is 0. The zero-order chi connectivity index (χ0) is 11.1. The number of amides is 1. The van der Waals surface area contributed by atoms with E-state index in [1.54, 1.807) is 0 Å². The average molecular weight is 208 g/mol. The highest BCUT2D eigenvalue weighted by Crippen LogP contribution is 2.19. The van der Waals surface area contributed by atoms with Crippen molar-refractivity contribution in [1.82, 2.24) is 0 Å². The highest BCUT2D eigenvalue weighted by molar-refractivity contribution is 5.95. The standard InChI is InChI=1S/C10H11NO.HNO2/c12-10-7-4-8-11(10)9-5-2-1-3-6-9;2-1-3/h1-3,5-6H,4,7-8H2;(H,2,3). The van der Waals surface area contributed by atoms with Crippen LogP contribution in [0.25, 0.3) is 0 Å². The molecule has 0 saturated carbocycles. The molecule has 1 aliphatic rings. The van der Waals surface area contributed by atoms with Gasteiger partial charge in [-0.3, -0.25) is 4.79 Å². The maximum Gasteiger partial charge on any atom is 0.227 e. The van der Waals surface area contributed by atoms with E-state index in [9.17, 15) is 4.79 Å². The van der Waals surface area contributed by atoms with Crippen LogP contribution >= 0.6 is 0 Å². The van der Waals surface area contributed by atoms with Gasteiger partial charge in [0, 0.05) is 18.7 Å². The van der Waals surface area contributed by atoms with Crippen molar-refractivity contribution in [3.63, 3.8) is 0 Å². The summed E-state index contributed by atoms with van der Waals surface area (Å²) in [5.74, 6) is 0.251. The fourth-order valence-corrected chi connectivity index (χ4v) is 1.53. The molecule has 2 rings (SSSR count). The molecule has 1 heterocycles. The van der Waals surface area contributed by atoms with E-state index in [-0.39, 0.29) is 5.91 Å². The third-order valence-electron chi connectivity index (χ3n) is 2.14. The smallest absolute Gasteiger partial charge is 0.227 e. The van der Waals surface area contributed by atoms with Crippen LogP contribution in [0.3, 0.4) is 0 Å². The molecular formula is C10H12N2O3. The summed E-state index contributed by atoms with van der Waals surface area (Å²) in [6, 6.07) is 9.83. The van der Waals surface area contributed by atoms with Gasteiger partial charge in [0.15, 0.2) is 5.34 Å². The Balaban J connectivity index is 0.000000337. The maximum atomic E-state index is 11.3. The molecule has 15 heavy (non-hydrogen) atoms. The highest BCUT2D eigenvalue weighted by Gasteiger charge is 2.20. The van der Waals surface area contributed by atoms with Gasteiger partial charge in [-0.25, -0.2) is 0 Å². The summed E-state index contributed by atoms with van der Waals surface area (Å²) in [4.78, 5) is 21.3. The second kappa shape index (κ2) is 5.74. The van der Waals surface area contributed by atoms with Crippen LogP contribution in [0, 0.1) is 4.91 Å². The molecule has 80 valence electrons. The van der Waals surface area contributed by atoms with Crippen molar-refractivity contribution in [2.75, 3.05) is 11.4 Å². The molecule has 0 bridgehead atoms. The van der Waals surface area contributed by atoms with Gasteiger partial charge in [-0.1, -0.05) is 18.2 Å². The summed E-state index contributed by atoms with van der Waals surface area (Å²) in [6.07, 6.45) is 1.70. The Morgan fingerprint density at radius 1 is 1.27 bits per heavy atom. The second-order valence-corrected chi connectivity index (χ2v) is 3.07. The molecule has 1 amide bonds. The molecule has 1 aromatic carbocycles. The Morgan fingerprint density at radius 2 is 1.87 bits per heavy atom. The van der Waals surface area contributed by atoms with Crippen LogP contribution < -0.4 is 4.90 Å². The molecule has 0 unspecified atom stereocenters. The quantitative estimate of drug-likeness (QED) is 0.566. The Kier molecular flexibility index (Phi) is 4.28. The number of para-hydroxylation sites is 1. The van der Waals surface area contributed by atoms with E-state index in [1.165, 1.54) is 5.34 Å². The Morgan fingerprint density at radius 3 is 2.33 bits per heavy atom. The number of benzene rings is 1. The van der Waals surface area contributed by atoms with Crippen LogP contribution in [0.1, 0.15) is 12.8 Å². The van der Waals surface area contributed by atoms with Crippen LogP contribution in [-0.4, -0.2) is 17.7 Å². The molecule has 1 fully saturated rings. The first-order valence-electron chi connectivity index (χ1n) is 4.61. The lowest BCUT2D eigenvalue weighted by atomic mass is 10.3. The first-order chi connectivity index (χ1) is 7.29. The lowest BCUT2D eigenvalue weighted by molar-refractivity contribution is -0.117. The minimum absolute atomic E-state index is 0.251. The van der Waals surface area contributed by atoms with Gasteiger partial charge in [-0.2, -0.15) is 0 Å². The summed E-state index contributed by atoms with van der Waals surface area (Å²) in [5, 5.41) is 7.89. The van der Waals surface area contributed by atoms with Gasteiger partial charge in [0.25, 0.3) is 0 Å². The van der Waals surface area contributed by atoms with E-state index in [1.807, 2.05) is 35.2 Å². The molecular weight excluding hydrogens is 196 g/mol. The van der Waals surface area contributed by atoms with Crippen molar-refractivity contribution in [2.24, 2.45) is 5.34 Å². The fourth-order valence-electron chi connectivity index (χ4n) is 1.53. The van der Waals surface area contributed by atoms with E-state index >= 15 is 0 Å². The Labute approximate surface area is 87.3 Å². The molecule has 1 aliphatic heterocycles. The molecule has 0 radical (unpaired) electrons. The molecule has 1 N–H and O–H groups in total. The predicted octanol–water partition coefficient (Wildman–Crippen LogP) is 1.96. The molecule has 0 aromatic heterocycles. The van der Waals surface area contributed by atoms with Gasteiger partial charge >= 0.3 is 0 Å². The van der Waals surface area contributed by atoms with Crippen molar-refractivity contribution in [2.45, 2.75) is 12.8 Å². The fraction of sp³-hybridized carbons (Fsp3) is 0.300. The summed E-state index contributed by atoms with van der Waals surface area (Å²) in [6.45, 7) is 0.878. The molecule has 5 heteroatoms. The summed E-state index contributed by atoms with van der Waals surface area (Å²) in [5.41, 5.74) is 1.03. The minimum atomic E-state index is 0.251. The zero-order valence-electron chi connectivity index (χ0n) is 8.17. The highest BCUT2D eigenvalue weighted by atomic mass is 16.6. The minimum Gasteiger partial charge on any atom is -0.379 e. The van der Waals surface area contributed by atoms with Crippen molar-refractivity contribution in [1.29, 1.82) is 0 Å². The summed E-state index contributed by atoms with van der Waals surface area (Å²) >= 11 is 0. The van der Waals surface area contributed by atoms with Crippen molar-refractivity contribution < 1.29 is 10.0 Å². The second-order valence-electron chi connectivity index (χ2n) is 3.07. The third-order valence-corrected chi connectivity index (χ3v) is 2.14. The molecule has 1 saturated heterocycles.